The Labute approximate surface area is 218 Å². The molecule has 0 aliphatic carbocycles. The summed E-state index contributed by atoms with van der Waals surface area (Å²) in [5.41, 5.74) is 4.13. The minimum absolute atomic E-state index is 0.0788. The molecule has 182 valence electrons. The number of ether oxygens (including phenoxy) is 3. The zero-order valence-electron chi connectivity index (χ0n) is 18.9. The van der Waals surface area contributed by atoms with Gasteiger partial charge >= 0.3 is 0 Å². The number of hydrazine groups is 1. The monoisotopic (exact) mass is 605 g/mol. The molecule has 1 heterocycles. The molecule has 2 amide bonds. The van der Waals surface area contributed by atoms with Gasteiger partial charge in [-0.1, -0.05) is 28.1 Å². The first kappa shape index (κ1) is 24.7. The van der Waals surface area contributed by atoms with E-state index in [4.69, 9.17) is 14.2 Å². The Hall–Kier alpha value is -3.44. The highest BCUT2D eigenvalue weighted by atomic mass is 79.9. The van der Waals surface area contributed by atoms with Gasteiger partial charge in [0.1, 0.15) is 5.75 Å². The normalized spacial score (nSPS) is 14.6. The molecule has 0 fully saturated rings. The summed E-state index contributed by atoms with van der Waals surface area (Å²) in [6.45, 7) is 0. The van der Waals surface area contributed by atoms with Gasteiger partial charge in [0, 0.05) is 21.3 Å². The second kappa shape index (κ2) is 10.0. The van der Waals surface area contributed by atoms with Gasteiger partial charge in [0.25, 0.3) is 11.8 Å². The lowest BCUT2D eigenvalue weighted by molar-refractivity contribution is 0.0488. The summed E-state index contributed by atoms with van der Waals surface area (Å²) in [6.07, 6.45) is -0.919. The molecule has 1 aliphatic rings. The number of halogens is 2. The summed E-state index contributed by atoms with van der Waals surface area (Å²) < 4.78 is 17.1. The Balaban J connectivity index is 1.78. The maximum Gasteiger partial charge on any atom is 0.276 e. The highest BCUT2D eigenvalue weighted by Crippen LogP contribution is 2.41. The number of hydrogen-bond acceptors (Lipinski definition) is 7. The Bertz CT molecular complexity index is 1290. The Kier molecular flexibility index (Phi) is 7.08. The molecule has 11 heteroatoms. The molecule has 35 heavy (non-hydrogen) atoms. The number of benzene rings is 3. The number of nitrogens with one attached hydrogen (secondary N) is 2. The fourth-order valence-electron chi connectivity index (χ4n) is 3.77. The summed E-state index contributed by atoms with van der Waals surface area (Å²) in [4.78, 5) is 26.8. The minimum Gasteiger partial charge on any atom is -0.506 e. The van der Waals surface area contributed by atoms with E-state index in [0.29, 0.717) is 31.5 Å². The number of rotatable bonds is 6. The zero-order valence-corrected chi connectivity index (χ0v) is 22.1. The number of para-hydroxylation sites is 1. The molecule has 1 aliphatic heterocycles. The average molecular weight is 607 g/mol. The van der Waals surface area contributed by atoms with Gasteiger partial charge in [-0.05, 0) is 52.3 Å². The van der Waals surface area contributed by atoms with Crippen molar-refractivity contribution in [2.75, 3.05) is 26.6 Å². The van der Waals surface area contributed by atoms with E-state index in [-0.39, 0.29) is 22.8 Å². The van der Waals surface area contributed by atoms with E-state index in [2.05, 4.69) is 42.6 Å². The van der Waals surface area contributed by atoms with Crippen molar-refractivity contribution in [2.24, 2.45) is 0 Å². The fourth-order valence-corrected chi connectivity index (χ4v) is 5.03. The number of carbonyl (C=O) groups is 2. The van der Waals surface area contributed by atoms with Crippen LogP contribution < -0.4 is 25.0 Å². The van der Waals surface area contributed by atoms with E-state index in [0.717, 1.165) is 5.01 Å². The zero-order chi connectivity index (χ0) is 25.3. The number of hydrogen-bond donors (Lipinski definition) is 3. The average Bonchev–Trinajstić information content (AvgIpc) is 2.86. The van der Waals surface area contributed by atoms with Crippen molar-refractivity contribution in [3.05, 3.63) is 74.2 Å². The first-order valence-electron chi connectivity index (χ1n) is 10.3. The Morgan fingerprint density at radius 1 is 1.03 bits per heavy atom. The number of phenolic OH excluding ortho intramolecular Hbond substituents is 1. The number of phenols is 1. The number of amides is 2. The molecular formula is C24H21Br2N3O6. The minimum atomic E-state index is -0.919. The molecule has 0 saturated carbocycles. The SMILES string of the molecule is COc1cc(C(=O)NN2C(=O)c3ccccc3N[C@@H]2c2cc(Br)cc(Br)c2O)cc(OC)c1OC. The number of methoxy groups -OCH3 is 3. The summed E-state index contributed by atoms with van der Waals surface area (Å²) in [6, 6.07) is 13.2. The van der Waals surface area contributed by atoms with Crippen LogP contribution in [0.1, 0.15) is 32.4 Å². The molecule has 9 nitrogen and oxygen atoms in total. The number of anilines is 1. The molecular weight excluding hydrogens is 586 g/mol. The molecule has 0 saturated heterocycles. The van der Waals surface area contributed by atoms with Gasteiger partial charge in [0.05, 0.1) is 31.4 Å². The van der Waals surface area contributed by atoms with Gasteiger partial charge in [-0.3, -0.25) is 15.0 Å². The maximum atomic E-state index is 13.5. The topological polar surface area (TPSA) is 109 Å². The largest absolute Gasteiger partial charge is 0.506 e. The van der Waals surface area contributed by atoms with Gasteiger partial charge in [0.2, 0.25) is 5.75 Å². The van der Waals surface area contributed by atoms with Gasteiger partial charge in [-0.2, -0.15) is 0 Å². The number of carbonyl (C=O) groups excluding carboxylic acids is 2. The van der Waals surface area contributed by atoms with E-state index in [1.807, 2.05) is 0 Å². The maximum absolute atomic E-state index is 13.5. The van der Waals surface area contributed by atoms with Crippen LogP contribution >= 0.6 is 31.9 Å². The van der Waals surface area contributed by atoms with Crippen molar-refractivity contribution >= 4 is 49.4 Å². The molecule has 3 aromatic rings. The molecule has 1 atom stereocenters. The molecule has 0 unspecified atom stereocenters. The number of fused-ring (bicyclic) bond motifs is 1. The van der Waals surface area contributed by atoms with Gasteiger partial charge < -0.3 is 24.6 Å². The third-order valence-electron chi connectivity index (χ3n) is 5.43. The van der Waals surface area contributed by atoms with Crippen LogP contribution in [-0.2, 0) is 0 Å². The van der Waals surface area contributed by atoms with Gasteiger partial charge in [-0.25, -0.2) is 5.01 Å². The second-order valence-corrected chi connectivity index (χ2v) is 9.22. The third-order valence-corrected chi connectivity index (χ3v) is 6.49. The van der Waals surface area contributed by atoms with Crippen LogP contribution in [0.5, 0.6) is 23.0 Å². The summed E-state index contributed by atoms with van der Waals surface area (Å²) >= 11 is 6.74. The molecule has 3 aromatic carbocycles. The molecule has 3 N–H and O–H groups in total. The van der Waals surface area contributed by atoms with Crippen LogP contribution in [0.15, 0.2) is 57.5 Å². The van der Waals surface area contributed by atoms with Crippen molar-refractivity contribution in [3.63, 3.8) is 0 Å². The number of nitrogens with zero attached hydrogens (tertiary/aromatic N) is 1. The second-order valence-electron chi connectivity index (χ2n) is 7.45. The predicted octanol–water partition coefficient (Wildman–Crippen LogP) is 4.85. The van der Waals surface area contributed by atoms with E-state index >= 15 is 0 Å². The van der Waals surface area contributed by atoms with Crippen molar-refractivity contribution in [3.8, 4) is 23.0 Å². The lowest BCUT2D eigenvalue weighted by Crippen LogP contribution is -2.52. The highest BCUT2D eigenvalue weighted by molar-refractivity contribution is 9.11. The molecule has 0 spiro atoms. The third kappa shape index (κ3) is 4.61. The quantitative estimate of drug-likeness (QED) is 0.368. The first-order chi connectivity index (χ1) is 16.8. The van der Waals surface area contributed by atoms with Gasteiger partial charge in [-0.15, -0.1) is 0 Å². The van der Waals surface area contributed by atoms with Crippen LogP contribution in [0.2, 0.25) is 0 Å². The molecule has 0 aromatic heterocycles. The molecule has 0 radical (unpaired) electrons. The van der Waals surface area contributed by atoms with Crippen molar-refractivity contribution in [1.82, 2.24) is 10.4 Å². The Morgan fingerprint density at radius 2 is 1.69 bits per heavy atom. The van der Waals surface area contributed by atoms with Crippen molar-refractivity contribution in [1.29, 1.82) is 0 Å². The number of aromatic hydroxyl groups is 1. The lowest BCUT2D eigenvalue weighted by Gasteiger charge is -2.38. The first-order valence-corrected chi connectivity index (χ1v) is 11.9. The fraction of sp³-hybridized carbons (Fsp3) is 0.167. The highest BCUT2D eigenvalue weighted by Gasteiger charge is 2.36. The summed E-state index contributed by atoms with van der Waals surface area (Å²) in [5.74, 6) is -0.230. The van der Waals surface area contributed by atoms with Crippen LogP contribution in [0.4, 0.5) is 5.69 Å². The van der Waals surface area contributed by atoms with Crippen molar-refractivity contribution in [2.45, 2.75) is 6.17 Å². The van der Waals surface area contributed by atoms with E-state index < -0.39 is 18.0 Å². The van der Waals surface area contributed by atoms with E-state index in [9.17, 15) is 14.7 Å². The van der Waals surface area contributed by atoms with Crippen LogP contribution in [0, 0.1) is 0 Å². The van der Waals surface area contributed by atoms with Crippen LogP contribution in [0.25, 0.3) is 0 Å². The van der Waals surface area contributed by atoms with Crippen LogP contribution in [-0.4, -0.2) is 43.3 Å². The Morgan fingerprint density at radius 3 is 2.31 bits per heavy atom. The van der Waals surface area contributed by atoms with E-state index in [1.54, 1.807) is 36.4 Å². The van der Waals surface area contributed by atoms with Crippen LogP contribution in [0.3, 0.4) is 0 Å². The predicted molar refractivity (Wildman–Crippen MR) is 136 cm³/mol. The van der Waals surface area contributed by atoms with Crippen molar-refractivity contribution < 1.29 is 28.9 Å². The van der Waals surface area contributed by atoms with E-state index in [1.165, 1.54) is 33.5 Å². The van der Waals surface area contributed by atoms with Gasteiger partial charge in [0.15, 0.2) is 17.7 Å². The summed E-state index contributed by atoms with van der Waals surface area (Å²) in [7, 11) is 4.35. The molecule has 0 bridgehead atoms. The summed E-state index contributed by atoms with van der Waals surface area (Å²) in [5, 5.41) is 15.1. The standard InChI is InChI=1S/C24H21Br2N3O6/c1-33-18-8-12(9-19(34-2)21(18)35-3)23(31)28-29-22(15-10-13(25)11-16(26)20(15)30)27-17-7-5-4-6-14(17)24(29)32/h4-11,22,27,30H,1-3H3,(H,28,31)/t22-/m0/s1. The molecule has 4 rings (SSSR count). The lowest BCUT2D eigenvalue weighted by atomic mass is 10.0. The smallest absolute Gasteiger partial charge is 0.276 e.